The third-order valence-corrected chi connectivity index (χ3v) is 5.51. The first-order valence-electron chi connectivity index (χ1n) is 10.3. The van der Waals surface area contributed by atoms with Crippen LogP contribution in [0.3, 0.4) is 0 Å². The highest BCUT2D eigenvalue weighted by molar-refractivity contribution is 5.88. The largest absolute Gasteiger partial charge is 0.204 e. The maximum absolute atomic E-state index is 13.5. The molecule has 0 radical (unpaired) electrons. The van der Waals surface area contributed by atoms with E-state index in [1.165, 1.54) is 35.6 Å². The van der Waals surface area contributed by atoms with Crippen molar-refractivity contribution in [3.63, 3.8) is 0 Å². The van der Waals surface area contributed by atoms with Gasteiger partial charge >= 0.3 is 0 Å². The summed E-state index contributed by atoms with van der Waals surface area (Å²) in [7, 11) is 0. The summed E-state index contributed by atoms with van der Waals surface area (Å²) >= 11 is 0. The molecule has 0 unspecified atom stereocenters. The zero-order chi connectivity index (χ0) is 21.1. The quantitative estimate of drug-likeness (QED) is 0.224. The standard InChI is InChI=1S/C27H23F3/c1-2-3-4-5-18-6-7-23-15-22(13-12-21(23)14-18)19-8-10-20(11-9-19)24-16-25(28)27(30)26(29)17-24/h6-17H,2-5H2,1H3. The molecule has 0 nitrogen and oxygen atoms in total. The van der Waals surface area contributed by atoms with Crippen molar-refractivity contribution in [1.29, 1.82) is 0 Å². The van der Waals surface area contributed by atoms with Gasteiger partial charge in [-0.3, -0.25) is 0 Å². The molecule has 0 saturated heterocycles. The van der Waals surface area contributed by atoms with E-state index in [9.17, 15) is 13.2 Å². The van der Waals surface area contributed by atoms with E-state index in [4.69, 9.17) is 0 Å². The van der Waals surface area contributed by atoms with E-state index in [1.54, 1.807) is 12.1 Å². The smallest absolute Gasteiger partial charge is 0.194 e. The van der Waals surface area contributed by atoms with Crippen LogP contribution in [-0.2, 0) is 6.42 Å². The summed E-state index contributed by atoms with van der Waals surface area (Å²) in [4.78, 5) is 0. The summed E-state index contributed by atoms with van der Waals surface area (Å²) in [5.41, 5.74) is 4.40. The van der Waals surface area contributed by atoms with Gasteiger partial charge in [-0.05, 0) is 69.6 Å². The minimum atomic E-state index is -1.44. The Labute approximate surface area is 175 Å². The predicted octanol–water partition coefficient (Wildman–Crippen LogP) is 8.32. The van der Waals surface area contributed by atoms with Gasteiger partial charge in [0.2, 0.25) is 0 Å². The first-order chi connectivity index (χ1) is 14.5. The van der Waals surface area contributed by atoms with Gasteiger partial charge in [0.05, 0.1) is 0 Å². The topological polar surface area (TPSA) is 0 Å². The molecule has 0 aliphatic rings. The molecule has 152 valence electrons. The molecular weight excluding hydrogens is 381 g/mol. The number of benzene rings is 4. The molecule has 0 saturated carbocycles. The van der Waals surface area contributed by atoms with Crippen LogP contribution in [0.2, 0.25) is 0 Å². The number of hydrogen-bond donors (Lipinski definition) is 0. The van der Waals surface area contributed by atoms with E-state index < -0.39 is 17.5 Å². The van der Waals surface area contributed by atoms with Crippen molar-refractivity contribution in [2.45, 2.75) is 32.6 Å². The lowest BCUT2D eigenvalue weighted by molar-refractivity contribution is 0.448. The summed E-state index contributed by atoms with van der Waals surface area (Å²) in [6, 6.07) is 22.4. The minimum absolute atomic E-state index is 0.312. The maximum atomic E-state index is 13.5. The monoisotopic (exact) mass is 404 g/mol. The van der Waals surface area contributed by atoms with Gasteiger partial charge in [0.1, 0.15) is 0 Å². The fraction of sp³-hybridized carbons (Fsp3) is 0.185. The second-order valence-electron chi connectivity index (χ2n) is 7.68. The zero-order valence-corrected chi connectivity index (χ0v) is 16.9. The Balaban J connectivity index is 1.58. The normalized spacial score (nSPS) is 11.2. The molecule has 0 amide bonds. The highest BCUT2D eigenvalue weighted by Crippen LogP contribution is 2.29. The second-order valence-corrected chi connectivity index (χ2v) is 7.68. The van der Waals surface area contributed by atoms with Gasteiger partial charge < -0.3 is 0 Å². The van der Waals surface area contributed by atoms with E-state index in [2.05, 4.69) is 43.3 Å². The van der Waals surface area contributed by atoms with Crippen molar-refractivity contribution in [2.75, 3.05) is 0 Å². The van der Waals surface area contributed by atoms with Gasteiger partial charge in [-0.2, -0.15) is 0 Å². The molecule has 4 aromatic carbocycles. The van der Waals surface area contributed by atoms with Crippen LogP contribution < -0.4 is 0 Å². The van der Waals surface area contributed by atoms with Crippen LogP contribution in [0.1, 0.15) is 31.7 Å². The fourth-order valence-corrected chi connectivity index (χ4v) is 3.79. The van der Waals surface area contributed by atoms with Crippen molar-refractivity contribution in [3.05, 3.63) is 95.8 Å². The van der Waals surface area contributed by atoms with Crippen LogP contribution in [-0.4, -0.2) is 0 Å². The predicted molar refractivity (Wildman–Crippen MR) is 118 cm³/mol. The summed E-state index contributed by atoms with van der Waals surface area (Å²) in [6.45, 7) is 2.21. The molecular formula is C27H23F3. The van der Waals surface area contributed by atoms with E-state index >= 15 is 0 Å². The van der Waals surface area contributed by atoms with E-state index in [-0.39, 0.29) is 0 Å². The first kappa shape index (κ1) is 20.2. The number of unbranched alkanes of at least 4 members (excludes halogenated alkanes) is 2. The summed E-state index contributed by atoms with van der Waals surface area (Å²) in [5, 5.41) is 2.40. The Bertz CT molecular complexity index is 1150. The van der Waals surface area contributed by atoms with Crippen LogP contribution in [0.25, 0.3) is 33.0 Å². The lowest BCUT2D eigenvalue weighted by Gasteiger charge is -2.08. The van der Waals surface area contributed by atoms with Crippen molar-refractivity contribution in [1.82, 2.24) is 0 Å². The average Bonchev–Trinajstić information content (AvgIpc) is 2.77. The van der Waals surface area contributed by atoms with Crippen molar-refractivity contribution >= 4 is 10.8 Å². The molecule has 0 N–H and O–H groups in total. The van der Waals surface area contributed by atoms with Crippen LogP contribution in [0.4, 0.5) is 13.2 Å². The number of rotatable bonds is 6. The van der Waals surface area contributed by atoms with Crippen molar-refractivity contribution in [3.8, 4) is 22.3 Å². The summed E-state index contributed by atoms with van der Waals surface area (Å²) in [5.74, 6) is -3.81. The van der Waals surface area contributed by atoms with Crippen LogP contribution in [0.15, 0.2) is 72.8 Å². The molecule has 4 aromatic rings. The highest BCUT2D eigenvalue weighted by Gasteiger charge is 2.11. The fourth-order valence-electron chi connectivity index (χ4n) is 3.79. The Morgan fingerprint density at radius 1 is 0.567 bits per heavy atom. The minimum Gasteiger partial charge on any atom is -0.204 e. The zero-order valence-electron chi connectivity index (χ0n) is 16.9. The van der Waals surface area contributed by atoms with E-state index in [1.807, 2.05) is 12.1 Å². The van der Waals surface area contributed by atoms with Crippen LogP contribution in [0.5, 0.6) is 0 Å². The van der Waals surface area contributed by atoms with Gasteiger partial charge in [0, 0.05) is 0 Å². The molecule has 0 heterocycles. The maximum Gasteiger partial charge on any atom is 0.194 e. The molecule has 0 atom stereocenters. The number of halogens is 3. The first-order valence-corrected chi connectivity index (χ1v) is 10.3. The Hall–Kier alpha value is -3.07. The molecule has 0 aliphatic heterocycles. The Morgan fingerprint density at radius 3 is 1.80 bits per heavy atom. The highest BCUT2D eigenvalue weighted by atomic mass is 19.2. The molecule has 3 heteroatoms. The van der Waals surface area contributed by atoms with Gasteiger partial charge in [-0.25, -0.2) is 13.2 Å². The summed E-state index contributed by atoms with van der Waals surface area (Å²) < 4.78 is 40.2. The SMILES string of the molecule is CCCCCc1ccc2cc(-c3ccc(-c4cc(F)c(F)c(F)c4)cc3)ccc2c1. The van der Waals surface area contributed by atoms with Gasteiger partial charge in [0.25, 0.3) is 0 Å². The van der Waals surface area contributed by atoms with Crippen molar-refractivity contribution in [2.24, 2.45) is 0 Å². The molecule has 0 bridgehead atoms. The molecule has 0 aliphatic carbocycles. The van der Waals surface area contributed by atoms with E-state index in [0.717, 1.165) is 29.7 Å². The van der Waals surface area contributed by atoms with Gasteiger partial charge in [-0.1, -0.05) is 74.4 Å². The summed E-state index contributed by atoms with van der Waals surface area (Å²) in [6.07, 6.45) is 4.80. The molecule has 4 rings (SSSR count). The average molecular weight is 404 g/mol. The van der Waals surface area contributed by atoms with Gasteiger partial charge in [0.15, 0.2) is 17.5 Å². The lowest BCUT2D eigenvalue weighted by Crippen LogP contribution is -1.91. The Morgan fingerprint density at radius 2 is 1.13 bits per heavy atom. The Kier molecular flexibility index (Phi) is 5.89. The molecule has 30 heavy (non-hydrogen) atoms. The number of hydrogen-bond acceptors (Lipinski definition) is 0. The van der Waals surface area contributed by atoms with Gasteiger partial charge in [-0.15, -0.1) is 0 Å². The molecule has 0 spiro atoms. The third-order valence-electron chi connectivity index (χ3n) is 5.51. The van der Waals surface area contributed by atoms with Crippen LogP contribution in [0, 0.1) is 17.5 Å². The third kappa shape index (κ3) is 4.25. The lowest BCUT2D eigenvalue weighted by atomic mass is 9.97. The van der Waals surface area contributed by atoms with E-state index in [0.29, 0.717) is 11.1 Å². The number of aryl methyl sites for hydroxylation is 1. The second kappa shape index (κ2) is 8.74. The van der Waals surface area contributed by atoms with Crippen molar-refractivity contribution < 1.29 is 13.2 Å². The molecule has 0 fully saturated rings. The number of fused-ring (bicyclic) bond motifs is 1. The molecule has 0 aromatic heterocycles. The van der Waals surface area contributed by atoms with Crippen LogP contribution >= 0.6 is 0 Å².